The Morgan fingerprint density at radius 1 is 0.868 bits per heavy atom. The Labute approximate surface area is 230 Å². The lowest BCUT2D eigenvalue weighted by Gasteiger charge is -2.49. The first-order valence-corrected chi connectivity index (χ1v) is 14.9. The van der Waals surface area contributed by atoms with Crippen LogP contribution in [0.15, 0.2) is 12.1 Å². The van der Waals surface area contributed by atoms with Gasteiger partial charge in [-0.2, -0.15) is 0 Å². The molecule has 0 amide bonds. The molecule has 1 aliphatic heterocycles. The lowest BCUT2D eigenvalue weighted by molar-refractivity contribution is -0.0159. The minimum Gasteiger partial charge on any atom is -0.491 e. The first-order valence-electron chi connectivity index (χ1n) is 14.9. The van der Waals surface area contributed by atoms with Crippen LogP contribution in [-0.2, 0) is 25.4 Å². The molecule has 1 saturated carbocycles. The lowest BCUT2D eigenvalue weighted by Crippen LogP contribution is -2.46. The lowest BCUT2D eigenvalue weighted by atomic mass is 9.64. The smallest absolute Gasteiger partial charge is 0.127 e. The number of hydrogen-bond donors (Lipinski definition) is 1. The fraction of sp³-hybridized carbons (Fsp3) is 0.806. The Morgan fingerprint density at radius 2 is 1.50 bits per heavy atom. The van der Waals surface area contributed by atoms with Gasteiger partial charge in [0.1, 0.15) is 23.7 Å². The fourth-order valence-electron chi connectivity index (χ4n) is 5.88. The van der Waals surface area contributed by atoms with Gasteiger partial charge in [0.2, 0.25) is 0 Å². The van der Waals surface area contributed by atoms with E-state index < -0.39 is 0 Å². The molecule has 7 heteroatoms. The highest BCUT2D eigenvalue weighted by Crippen LogP contribution is 2.55. The van der Waals surface area contributed by atoms with Crippen LogP contribution < -0.4 is 9.47 Å². The van der Waals surface area contributed by atoms with Crippen molar-refractivity contribution in [2.45, 2.75) is 84.2 Å². The highest BCUT2D eigenvalue weighted by atomic mass is 16.6. The van der Waals surface area contributed by atoms with Crippen LogP contribution in [0.3, 0.4) is 0 Å². The first kappa shape index (κ1) is 31.2. The molecule has 2 aliphatic rings. The first-order chi connectivity index (χ1) is 18.5. The van der Waals surface area contributed by atoms with Crippen LogP contribution in [0.4, 0.5) is 0 Å². The minimum absolute atomic E-state index is 0.0365. The van der Waals surface area contributed by atoms with Gasteiger partial charge in [-0.25, -0.2) is 0 Å². The molecule has 0 bridgehead atoms. The second kappa shape index (κ2) is 16.7. The largest absolute Gasteiger partial charge is 0.491 e. The van der Waals surface area contributed by atoms with E-state index in [1.807, 2.05) is 0 Å². The van der Waals surface area contributed by atoms with Crippen molar-refractivity contribution >= 4 is 0 Å². The third-order valence-electron chi connectivity index (χ3n) is 7.82. The topological polar surface area (TPSA) is 75.6 Å². The summed E-state index contributed by atoms with van der Waals surface area (Å²) in [6, 6.07) is 4.55. The van der Waals surface area contributed by atoms with Crippen LogP contribution in [0.5, 0.6) is 11.5 Å². The molecule has 218 valence electrons. The number of ether oxygens (including phenoxy) is 6. The SMILES string of the molecule is CCCCCc1cc(OCCOCCOCCOCCOCCO)c2c(c1)OC(C)(C)[C@@H]1CC[C@@H](C)C[C@@H]21. The van der Waals surface area contributed by atoms with Gasteiger partial charge in [0, 0.05) is 11.5 Å². The summed E-state index contributed by atoms with van der Waals surface area (Å²) in [6.07, 6.45) is 8.38. The number of aryl methyl sites for hydroxylation is 1. The average molecular weight is 537 g/mol. The van der Waals surface area contributed by atoms with E-state index in [0.717, 1.165) is 23.8 Å². The fourth-order valence-corrected chi connectivity index (χ4v) is 5.88. The third-order valence-corrected chi connectivity index (χ3v) is 7.82. The second-order valence-corrected chi connectivity index (χ2v) is 11.3. The molecule has 0 saturated heterocycles. The Morgan fingerprint density at radius 3 is 2.13 bits per heavy atom. The van der Waals surface area contributed by atoms with Crippen LogP contribution in [0.25, 0.3) is 0 Å². The van der Waals surface area contributed by atoms with Crippen LogP contribution in [-0.4, -0.2) is 76.8 Å². The van der Waals surface area contributed by atoms with E-state index in [0.29, 0.717) is 71.3 Å². The van der Waals surface area contributed by atoms with Crippen molar-refractivity contribution < 1.29 is 33.5 Å². The zero-order valence-electron chi connectivity index (χ0n) is 24.3. The second-order valence-electron chi connectivity index (χ2n) is 11.3. The molecule has 3 atom stereocenters. The zero-order valence-corrected chi connectivity index (χ0v) is 24.3. The van der Waals surface area contributed by atoms with Crippen molar-refractivity contribution in [1.29, 1.82) is 0 Å². The van der Waals surface area contributed by atoms with E-state index in [-0.39, 0.29) is 12.2 Å². The van der Waals surface area contributed by atoms with E-state index in [2.05, 4.69) is 39.8 Å². The number of hydrogen-bond acceptors (Lipinski definition) is 7. The van der Waals surface area contributed by atoms with Crippen molar-refractivity contribution in [2.24, 2.45) is 11.8 Å². The maximum Gasteiger partial charge on any atom is 0.127 e. The molecular formula is C31H52O7. The molecule has 1 aliphatic carbocycles. The van der Waals surface area contributed by atoms with E-state index in [1.165, 1.54) is 49.7 Å². The number of aliphatic hydroxyl groups is 1. The van der Waals surface area contributed by atoms with Gasteiger partial charge in [0.25, 0.3) is 0 Å². The summed E-state index contributed by atoms with van der Waals surface area (Å²) >= 11 is 0. The number of unbranched alkanes of at least 4 members (excludes halogenated alkanes) is 2. The molecule has 0 unspecified atom stereocenters. The summed E-state index contributed by atoms with van der Waals surface area (Å²) in [5, 5.41) is 8.65. The average Bonchev–Trinajstić information content (AvgIpc) is 2.88. The predicted molar refractivity (Wildman–Crippen MR) is 149 cm³/mol. The van der Waals surface area contributed by atoms with Crippen molar-refractivity contribution in [2.75, 3.05) is 66.1 Å². The molecule has 7 nitrogen and oxygen atoms in total. The van der Waals surface area contributed by atoms with E-state index in [1.54, 1.807) is 0 Å². The summed E-state index contributed by atoms with van der Waals surface area (Å²) in [5.74, 6) is 3.75. The van der Waals surface area contributed by atoms with E-state index in [9.17, 15) is 0 Å². The number of rotatable bonds is 19. The van der Waals surface area contributed by atoms with Crippen molar-refractivity contribution in [1.82, 2.24) is 0 Å². The Hall–Kier alpha value is -1.38. The van der Waals surface area contributed by atoms with Gasteiger partial charge in [-0.15, -0.1) is 0 Å². The highest BCUT2D eigenvalue weighted by Gasteiger charge is 2.47. The number of fused-ring (bicyclic) bond motifs is 3. The van der Waals surface area contributed by atoms with Crippen LogP contribution >= 0.6 is 0 Å². The van der Waals surface area contributed by atoms with Crippen molar-refractivity contribution in [3.05, 3.63) is 23.3 Å². The molecule has 1 fully saturated rings. The number of aliphatic hydroxyl groups excluding tert-OH is 1. The van der Waals surface area contributed by atoms with Gasteiger partial charge in [-0.1, -0.05) is 33.1 Å². The van der Waals surface area contributed by atoms with Crippen LogP contribution in [0.2, 0.25) is 0 Å². The predicted octanol–water partition coefficient (Wildman–Crippen LogP) is 5.55. The van der Waals surface area contributed by atoms with Gasteiger partial charge < -0.3 is 33.5 Å². The Kier molecular flexibility index (Phi) is 13.7. The van der Waals surface area contributed by atoms with Crippen LogP contribution in [0, 0.1) is 11.8 Å². The van der Waals surface area contributed by atoms with Gasteiger partial charge in [0.05, 0.1) is 59.5 Å². The molecule has 1 N–H and O–H groups in total. The van der Waals surface area contributed by atoms with Crippen molar-refractivity contribution in [3.63, 3.8) is 0 Å². The van der Waals surface area contributed by atoms with Gasteiger partial charge in [-0.05, 0) is 69.1 Å². The monoisotopic (exact) mass is 536 g/mol. The third kappa shape index (κ3) is 9.67. The maximum atomic E-state index is 8.65. The summed E-state index contributed by atoms with van der Waals surface area (Å²) in [4.78, 5) is 0. The molecule has 1 aromatic carbocycles. The summed E-state index contributed by atoms with van der Waals surface area (Å²) in [7, 11) is 0. The summed E-state index contributed by atoms with van der Waals surface area (Å²) in [6.45, 7) is 13.7. The van der Waals surface area contributed by atoms with Crippen LogP contribution in [0.1, 0.15) is 83.3 Å². The van der Waals surface area contributed by atoms with Crippen molar-refractivity contribution in [3.8, 4) is 11.5 Å². The quantitative estimate of drug-likeness (QED) is 0.232. The molecule has 1 heterocycles. The maximum absolute atomic E-state index is 8.65. The standard InChI is InChI=1S/C31H52O7/c1-5-6-7-8-25-22-28(37-20-19-36-18-17-35-16-15-34-14-13-33-12-11-32)30-26-21-24(2)9-10-27(26)31(3,4)38-29(30)23-25/h22-24,26-27,32H,5-21H2,1-4H3/t24-,26-,27-/m1/s1. The van der Waals surface area contributed by atoms with E-state index >= 15 is 0 Å². The van der Waals surface area contributed by atoms with Gasteiger partial charge in [0.15, 0.2) is 0 Å². The molecule has 0 aromatic heterocycles. The zero-order chi connectivity index (χ0) is 27.2. The van der Waals surface area contributed by atoms with E-state index in [4.69, 9.17) is 33.5 Å². The molecular weight excluding hydrogens is 484 g/mol. The highest BCUT2D eigenvalue weighted by molar-refractivity contribution is 5.52. The molecule has 1 aromatic rings. The Bertz CT molecular complexity index is 797. The van der Waals surface area contributed by atoms with Gasteiger partial charge in [-0.3, -0.25) is 0 Å². The molecule has 0 spiro atoms. The molecule has 0 radical (unpaired) electrons. The van der Waals surface area contributed by atoms with Gasteiger partial charge >= 0.3 is 0 Å². The molecule has 38 heavy (non-hydrogen) atoms. The summed E-state index contributed by atoms with van der Waals surface area (Å²) in [5.41, 5.74) is 2.44. The minimum atomic E-state index is -0.154. The number of benzene rings is 1. The molecule has 3 rings (SSSR count). The Balaban J connectivity index is 1.48. The summed E-state index contributed by atoms with van der Waals surface area (Å²) < 4.78 is 35.0. The normalized spacial score (nSPS) is 22.0.